The van der Waals surface area contributed by atoms with E-state index >= 15 is 0 Å². The second kappa shape index (κ2) is 5.79. The number of benzene rings is 2. The van der Waals surface area contributed by atoms with Gasteiger partial charge in [0, 0.05) is 25.7 Å². The molecule has 24 heavy (non-hydrogen) atoms. The van der Waals surface area contributed by atoms with Gasteiger partial charge in [0.05, 0.1) is 16.0 Å². The fourth-order valence-corrected chi connectivity index (χ4v) is 3.97. The van der Waals surface area contributed by atoms with Crippen molar-refractivity contribution in [3.8, 4) is 0 Å². The van der Waals surface area contributed by atoms with Gasteiger partial charge in [-0.15, -0.1) is 0 Å². The quantitative estimate of drug-likeness (QED) is 0.735. The third-order valence-electron chi connectivity index (χ3n) is 3.89. The molecule has 124 valence electrons. The maximum Gasteiger partial charge on any atom is 0.268 e. The van der Waals surface area contributed by atoms with E-state index in [1.807, 2.05) is 6.92 Å². The average Bonchev–Trinajstić information content (AvgIpc) is 2.99. The monoisotopic (exact) mass is 342 g/mol. The van der Waals surface area contributed by atoms with Gasteiger partial charge in [0.2, 0.25) is 0 Å². The van der Waals surface area contributed by atoms with Crippen molar-refractivity contribution in [3.05, 3.63) is 65.9 Å². The minimum atomic E-state index is -3.77. The van der Waals surface area contributed by atoms with Crippen LogP contribution in [-0.4, -0.2) is 37.3 Å². The molecule has 0 spiro atoms. The highest BCUT2D eigenvalue weighted by atomic mass is 32.2. The number of para-hydroxylation sites is 1. The topological polar surface area (TPSA) is 59.4 Å². The molecule has 1 heterocycles. The standard InChI is InChI=1S/C18H18N2O3S/c1-13-7-9-15(10-8-13)24(22,23)20-12-11-14-5-4-6-16(17(14)20)18(21)19(2)3/h4-12H,1-3H3. The lowest BCUT2D eigenvalue weighted by Crippen LogP contribution is -2.23. The minimum Gasteiger partial charge on any atom is -0.345 e. The molecule has 0 aliphatic carbocycles. The predicted octanol–water partition coefficient (Wildman–Crippen LogP) is 2.89. The summed E-state index contributed by atoms with van der Waals surface area (Å²) < 4.78 is 27.2. The van der Waals surface area contributed by atoms with E-state index in [2.05, 4.69) is 0 Å². The Kier molecular flexibility index (Phi) is 3.93. The van der Waals surface area contributed by atoms with E-state index < -0.39 is 10.0 Å². The van der Waals surface area contributed by atoms with Gasteiger partial charge in [-0.05, 0) is 31.2 Å². The Bertz CT molecular complexity index is 1020. The molecule has 1 aromatic heterocycles. The zero-order valence-electron chi connectivity index (χ0n) is 13.7. The first-order chi connectivity index (χ1) is 11.3. The number of nitrogens with zero attached hydrogens (tertiary/aromatic N) is 2. The first kappa shape index (κ1) is 16.3. The number of carbonyl (C=O) groups is 1. The van der Waals surface area contributed by atoms with E-state index in [1.165, 1.54) is 15.1 Å². The van der Waals surface area contributed by atoms with Crippen molar-refractivity contribution in [1.82, 2.24) is 8.87 Å². The number of aromatic nitrogens is 1. The zero-order chi connectivity index (χ0) is 17.5. The third kappa shape index (κ3) is 2.59. The molecular formula is C18H18N2O3S. The Morgan fingerprint density at radius 1 is 1.00 bits per heavy atom. The normalized spacial score (nSPS) is 11.6. The molecular weight excluding hydrogens is 324 g/mol. The van der Waals surface area contributed by atoms with E-state index in [0.717, 1.165) is 5.56 Å². The van der Waals surface area contributed by atoms with Crippen LogP contribution in [0.2, 0.25) is 0 Å². The van der Waals surface area contributed by atoms with E-state index in [0.29, 0.717) is 16.5 Å². The highest BCUT2D eigenvalue weighted by Gasteiger charge is 2.23. The van der Waals surface area contributed by atoms with Crippen LogP contribution >= 0.6 is 0 Å². The summed E-state index contributed by atoms with van der Waals surface area (Å²) in [5, 5.41) is 0.707. The largest absolute Gasteiger partial charge is 0.345 e. The van der Waals surface area contributed by atoms with E-state index in [9.17, 15) is 13.2 Å². The van der Waals surface area contributed by atoms with Gasteiger partial charge < -0.3 is 4.90 Å². The van der Waals surface area contributed by atoms with Gasteiger partial charge >= 0.3 is 0 Å². The Hall–Kier alpha value is -2.60. The molecule has 0 aliphatic heterocycles. The Balaban J connectivity index is 2.27. The number of aryl methyl sites for hydroxylation is 1. The lowest BCUT2D eigenvalue weighted by molar-refractivity contribution is 0.0829. The van der Waals surface area contributed by atoms with Gasteiger partial charge in [-0.2, -0.15) is 0 Å². The van der Waals surface area contributed by atoms with Crippen LogP contribution in [-0.2, 0) is 10.0 Å². The van der Waals surface area contributed by atoms with Crippen LogP contribution in [0.15, 0.2) is 59.6 Å². The van der Waals surface area contributed by atoms with Gasteiger partial charge in [0.25, 0.3) is 15.9 Å². The molecule has 2 aromatic carbocycles. The fourth-order valence-electron chi connectivity index (χ4n) is 2.60. The summed E-state index contributed by atoms with van der Waals surface area (Å²) >= 11 is 0. The molecule has 0 saturated carbocycles. The summed E-state index contributed by atoms with van der Waals surface area (Å²) in [5.74, 6) is -0.236. The van der Waals surface area contributed by atoms with Crippen molar-refractivity contribution in [2.75, 3.05) is 14.1 Å². The zero-order valence-corrected chi connectivity index (χ0v) is 14.5. The molecule has 1 amide bonds. The van der Waals surface area contributed by atoms with Gasteiger partial charge in [-0.1, -0.05) is 29.8 Å². The Labute approximate surface area is 141 Å². The van der Waals surface area contributed by atoms with E-state index in [4.69, 9.17) is 0 Å². The minimum absolute atomic E-state index is 0.192. The average molecular weight is 342 g/mol. The molecule has 5 nitrogen and oxygen atoms in total. The molecule has 0 atom stereocenters. The van der Waals surface area contributed by atoms with Crippen molar-refractivity contribution in [1.29, 1.82) is 0 Å². The fraction of sp³-hybridized carbons (Fsp3) is 0.167. The van der Waals surface area contributed by atoms with Gasteiger partial charge in [0.1, 0.15) is 0 Å². The highest BCUT2D eigenvalue weighted by Crippen LogP contribution is 2.26. The predicted molar refractivity (Wildman–Crippen MR) is 93.7 cm³/mol. The summed E-state index contributed by atoms with van der Waals surface area (Å²) in [7, 11) is -0.491. The van der Waals surface area contributed by atoms with Crippen molar-refractivity contribution in [2.45, 2.75) is 11.8 Å². The number of carbonyl (C=O) groups excluding carboxylic acids is 1. The maximum absolute atomic E-state index is 13.0. The lowest BCUT2D eigenvalue weighted by atomic mass is 10.1. The number of amides is 1. The molecule has 0 bridgehead atoms. The second-order valence-electron chi connectivity index (χ2n) is 5.87. The molecule has 0 radical (unpaired) electrons. The van der Waals surface area contributed by atoms with Crippen LogP contribution in [0.5, 0.6) is 0 Å². The number of fused-ring (bicyclic) bond motifs is 1. The summed E-state index contributed by atoms with van der Waals surface area (Å²) in [6.45, 7) is 1.90. The number of rotatable bonds is 3. The molecule has 0 unspecified atom stereocenters. The van der Waals surface area contributed by atoms with Crippen LogP contribution in [0.4, 0.5) is 0 Å². The van der Waals surface area contributed by atoms with E-state index in [-0.39, 0.29) is 10.8 Å². The van der Waals surface area contributed by atoms with Gasteiger partial charge in [-0.25, -0.2) is 12.4 Å². The Morgan fingerprint density at radius 2 is 1.67 bits per heavy atom. The van der Waals surface area contributed by atoms with Crippen LogP contribution in [0, 0.1) is 6.92 Å². The van der Waals surface area contributed by atoms with Crippen LogP contribution in [0.3, 0.4) is 0 Å². The highest BCUT2D eigenvalue weighted by molar-refractivity contribution is 7.90. The van der Waals surface area contributed by atoms with Crippen molar-refractivity contribution in [3.63, 3.8) is 0 Å². The summed E-state index contributed by atoms with van der Waals surface area (Å²) in [6, 6.07) is 13.6. The van der Waals surface area contributed by atoms with Crippen molar-refractivity contribution < 1.29 is 13.2 Å². The summed E-state index contributed by atoms with van der Waals surface area (Å²) in [5.41, 5.74) is 1.74. The molecule has 0 saturated heterocycles. The first-order valence-corrected chi connectivity index (χ1v) is 8.90. The van der Waals surface area contributed by atoms with Crippen molar-refractivity contribution >= 4 is 26.8 Å². The van der Waals surface area contributed by atoms with Crippen LogP contribution < -0.4 is 0 Å². The van der Waals surface area contributed by atoms with Crippen molar-refractivity contribution in [2.24, 2.45) is 0 Å². The van der Waals surface area contributed by atoms with Gasteiger partial charge in [-0.3, -0.25) is 4.79 Å². The maximum atomic E-state index is 13.0. The second-order valence-corrected chi connectivity index (χ2v) is 7.69. The summed E-state index contributed by atoms with van der Waals surface area (Å²) in [6.07, 6.45) is 1.49. The van der Waals surface area contributed by atoms with E-state index in [1.54, 1.807) is 62.6 Å². The Morgan fingerprint density at radius 3 is 2.29 bits per heavy atom. The van der Waals surface area contributed by atoms with Gasteiger partial charge in [0.15, 0.2) is 0 Å². The first-order valence-electron chi connectivity index (χ1n) is 7.46. The molecule has 0 N–H and O–H groups in total. The smallest absolute Gasteiger partial charge is 0.268 e. The lowest BCUT2D eigenvalue weighted by Gasteiger charge is -2.14. The number of hydrogen-bond donors (Lipinski definition) is 0. The summed E-state index contributed by atoms with van der Waals surface area (Å²) in [4.78, 5) is 14.1. The van der Waals surface area contributed by atoms with Crippen LogP contribution in [0.1, 0.15) is 15.9 Å². The molecule has 0 fully saturated rings. The SMILES string of the molecule is Cc1ccc(S(=O)(=O)n2ccc3cccc(C(=O)N(C)C)c32)cc1. The number of hydrogen-bond acceptors (Lipinski definition) is 3. The molecule has 3 rings (SSSR count). The molecule has 6 heteroatoms. The molecule has 3 aromatic rings. The van der Waals surface area contributed by atoms with Crippen LogP contribution in [0.25, 0.3) is 10.9 Å². The molecule has 0 aliphatic rings. The third-order valence-corrected chi connectivity index (χ3v) is 5.58.